The largest absolute Gasteiger partial charge is 0.407 e. The summed E-state index contributed by atoms with van der Waals surface area (Å²) in [6, 6.07) is 9.70. The molecule has 8 nitrogen and oxygen atoms in total. The first kappa shape index (κ1) is 31.8. The first-order chi connectivity index (χ1) is 18.8. The number of nitrogens with zero attached hydrogens (tertiary/aromatic N) is 1. The van der Waals surface area contributed by atoms with Crippen molar-refractivity contribution in [3.8, 4) is 0 Å². The highest BCUT2D eigenvalue weighted by Crippen LogP contribution is 2.56. The average Bonchev–Trinajstić information content (AvgIpc) is 3.18. The van der Waals surface area contributed by atoms with E-state index in [4.69, 9.17) is 18.0 Å². The Morgan fingerprint density at radius 1 is 0.976 bits per heavy atom. The molecule has 0 bridgehead atoms. The summed E-state index contributed by atoms with van der Waals surface area (Å²) in [5, 5.41) is -0.525. The topological polar surface area (TPSA) is 91.8 Å². The zero-order valence-electron chi connectivity index (χ0n) is 26.5. The second-order valence-electron chi connectivity index (χ2n) is 14.9. The van der Waals surface area contributed by atoms with Crippen molar-refractivity contribution in [3.63, 3.8) is 0 Å². The molecule has 2 aromatic rings. The van der Waals surface area contributed by atoms with E-state index in [1.165, 1.54) is 4.57 Å². The SMILES string of the molecule is CC(C)(C)[Si](C)(C)O[C@@H]1[C@@H]2O[Si](C(C)(C)C)(C(C)(C)C)OC[C@H]2O[C@H]1n1cc(C=Cc2ccccc2)c(=O)[nH]c1=O. The molecule has 0 aliphatic carbocycles. The summed E-state index contributed by atoms with van der Waals surface area (Å²) in [6.45, 7) is 24.4. The van der Waals surface area contributed by atoms with E-state index in [0.29, 0.717) is 12.2 Å². The minimum atomic E-state index is -2.85. The zero-order chi connectivity index (χ0) is 30.6. The number of hydrogen-bond donors (Lipinski definition) is 1. The highest BCUT2D eigenvalue weighted by Gasteiger charge is 2.65. The number of aromatic amines is 1. The van der Waals surface area contributed by atoms with Gasteiger partial charge >= 0.3 is 14.3 Å². The predicted octanol–water partition coefficient (Wildman–Crippen LogP) is 6.45. The van der Waals surface area contributed by atoms with E-state index in [-0.39, 0.29) is 15.1 Å². The fraction of sp³-hybridized carbons (Fsp3) is 0.613. The maximum Gasteiger partial charge on any atom is 0.349 e. The number of benzene rings is 1. The standard InChI is InChI=1S/C31H48N2O6Si2/c1-29(2,3)40(10,11)38-25-24-23(20-36-41(39-24,30(4,5)6)31(7,8)9)37-27(25)33-19-22(26(34)32-28(33)35)18-17-21-15-13-12-14-16-21/h12-19,23-25,27H,20H2,1-11H3,(H,32,34,35)/t23-,24-,25-,27-/m1/s1. The summed E-state index contributed by atoms with van der Waals surface area (Å²) in [5.41, 5.74) is 0.295. The second-order valence-corrected chi connectivity index (χ2v) is 24.4. The molecule has 0 unspecified atom stereocenters. The van der Waals surface area contributed by atoms with Gasteiger partial charge < -0.3 is 18.0 Å². The molecular weight excluding hydrogens is 553 g/mol. The lowest BCUT2D eigenvalue weighted by Crippen LogP contribution is -2.66. The lowest BCUT2D eigenvalue weighted by Gasteiger charge is -2.54. The fourth-order valence-corrected chi connectivity index (χ4v) is 12.0. The minimum absolute atomic E-state index is 0.0804. The van der Waals surface area contributed by atoms with Gasteiger partial charge in [0.15, 0.2) is 14.5 Å². The second kappa shape index (κ2) is 10.9. The minimum Gasteiger partial charge on any atom is -0.407 e. The Morgan fingerprint density at radius 3 is 2.15 bits per heavy atom. The highest BCUT2D eigenvalue weighted by atomic mass is 28.4. The Kier molecular flexibility index (Phi) is 8.45. The number of aromatic nitrogens is 2. The summed E-state index contributed by atoms with van der Waals surface area (Å²) in [7, 11) is -5.20. The van der Waals surface area contributed by atoms with Crippen LogP contribution in [0.4, 0.5) is 0 Å². The molecule has 41 heavy (non-hydrogen) atoms. The van der Waals surface area contributed by atoms with Crippen LogP contribution >= 0.6 is 0 Å². The molecule has 3 heterocycles. The average molecular weight is 601 g/mol. The van der Waals surface area contributed by atoms with Gasteiger partial charge in [-0.3, -0.25) is 14.3 Å². The van der Waals surface area contributed by atoms with Crippen molar-refractivity contribution >= 4 is 29.0 Å². The van der Waals surface area contributed by atoms with Crippen molar-refractivity contribution in [2.45, 2.75) is 115 Å². The van der Waals surface area contributed by atoms with E-state index in [9.17, 15) is 9.59 Å². The third kappa shape index (κ3) is 6.05. The normalized spacial score (nSPS) is 25.4. The molecule has 4 rings (SSSR count). The zero-order valence-corrected chi connectivity index (χ0v) is 28.5. The molecule has 1 N–H and O–H groups in total. The molecule has 2 aliphatic rings. The van der Waals surface area contributed by atoms with E-state index in [1.54, 1.807) is 12.3 Å². The Hall–Kier alpha value is -2.09. The summed E-state index contributed by atoms with van der Waals surface area (Å²) in [5.74, 6) is 0. The summed E-state index contributed by atoms with van der Waals surface area (Å²) in [4.78, 5) is 28.6. The number of ether oxygens (including phenoxy) is 1. The first-order valence-electron chi connectivity index (χ1n) is 14.5. The molecule has 0 amide bonds. The van der Waals surface area contributed by atoms with E-state index in [2.05, 4.69) is 80.4 Å². The van der Waals surface area contributed by atoms with Crippen molar-refractivity contribution in [2.24, 2.45) is 0 Å². The van der Waals surface area contributed by atoms with Gasteiger partial charge in [0.2, 0.25) is 0 Å². The monoisotopic (exact) mass is 600 g/mol. The van der Waals surface area contributed by atoms with Crippen LogP contribution in [-0.4, -0.2) is 51.3 Å². The van der Waals surface area contributed by atoms with Crippen LogP contribution in [0.15, 0.2) is 46.1 Å². The number of hydrogen-bond acceptors (Lipinski definition) is 6. The van der Waals surface area contributed by atoms with Crippen molar-refractivity contribution in [3.05, 3.63) is 68.5 Å². The van der Waals surface area contributed by atoms with Crippen LogP contribution in [0.3, 0.4) is 0 Å². The van der Waals surface area contributed by atoms with Crippen molar-refractivity contribution in [1.82, 2.24) is 9.55 Å². The first-order valence-corrected chi connectivity index (χ1v) is 19.2. The number of fused-ring (bicyclic) bond motifs is 1. The molecule has 2 fully saturated rings. The van der Waals surface area contributed by atoms with E-state index >= 15 is 0 Å². The molecule has 226 valence electrons. The van der Waals surface area contributed by atoms with Gasteiger partial charge in [-0.05, 0) is 29.8 Å². The third-order valence-corrected chi connectivity index (χ3v) is 18.4. The fourth-order valence-electron chi connectivity index (χ4n) is 5.75. The number of nitrogens with one attached hydrogen (secondary N) is 1. The van der Waals surface area contributed by atoms with Crippen LogP contribution in [0.25, 0.3) is 12.2 Å². The van der Waals surface area contributed by atoms with E-state index < -0.39 is 52.7 Å². The molecule has 10 heteroatoms. The van der Waals surface area contributed by atoms with Gasteiger partial charge in [-0.2, -0.15) is 0 Å². The van der Waals surface area contributed by atoms with Crippen LogP contribution in [0.1, 0.15) is 79.7 Å². The molecule has 1 aromatic heterocycles. The highest BCUT2D eigenvalue weighted by molar-refractivity contribution is 6.74. The van der Waals surface area contributed by atoms with Gasteiger partial charge in [-0.25, -0.2) is 4.79 Å². The van der Waals surface area contributed by atoms with Gasteiger partial charge in [-0.15, -0.1) is 0 Å². The van der Waals surface area contributed by atoms with E-state index in [0.717, 1.165) is 5.56 Å². The number of H-pyrrole nitrogens is 1. The van der Waals surface area contributed by atoms with Crippen molar-refractivity contribution in [1.29, 1.82) is 0 Å². The maximum absolute atomic E-state index is 13.3. The van der Waals surface area contributed by atoms with Crippen LogP contribution < -0.4 is 11.2 Å². The Balaban J connectivity index is 1.81. The molecule has 0 radical (unpaired) electrons. The van der Waals surface area contributed by atoms with E-state index in [1.807, 2.05) is 36.4 Å². The molecule has 2 saturated heterocycles. The van der Waals surface area contributed by atoms with Crippen LogP contribution in [0.5, 0.6) is 0 Å². The van der Waals surface area contributed by atoms with Gasteiger partial charge in [0.25, 0.3) is 5.56 Å². The van der Waals surface area contributed by atoms with Crippen molar-refractivity contribution < 1.29 is 18.0 Å². The summed E-state index contributed by atoms with van der Waals surface area (Å²) >= 11 is 0. The van der Waals surface area contributed by atoms with Gasteiger partial charge in [0.1, 0.15) is 18.3 Å². The maximum atomic E-state index is 13.3. The van der Waals surface area contributed by atoms with Gasteiger partial charge in [-0.1, -0.05) is 98.7 Å². The molecule has 0 spiro atoms. The third-order valence-electron chi connectivity index (χ3n) is 8.77. The lowest BCUT2D eigenvalue weighted by molar-refractivity contribution is -0.0809. The van der Waals surface area contributed by atoms with Crippen LogP contribution in [0, 0.1) is 0 Å². The van der Waals surface area contributed by atoms with Crippen molar-refractivity contribution in [2.75, 3.05) is 6.61 Å². The quantitative estimate of drug-likeness (QED) is 0.397. The van der Waals surface area contributed by atoms with Gasteiger partial charge in [0, 0.05) is 16.3 Å². The Labute approximate surface area is 246 Å². The Morgan fingerprint density at radius 2 is 1.59 bits per heavy atom. The Bertz CT molecular complexity index is 1360. The van der Waals surface area contributed by atoms with Crippen LogP contribution in [-0.2, 0) is 18.0 Å². The molecule has 4 atom stereocenters. The number of rotatable bonds is 5. The molecular formula is C31H48N2O6Si2. The van der Waals surface area contributed by atoms with Gasteiger partial charge in [0.05, 0.1) is 12.2 Å². The predicted molar refractivity (Wildman–Crippen MR) is 169 cm³/mol. The summed E-state index contributed by atoms with van der Waals surface area (Å²) in [6.07, 6.45) is 2.95. The molecule has 0 saturated carbocycles. The smallest absolute Gasteiger partial charge is 0.349 e. The summed E-state index contributed by atoms with van der Waals surface area (Å²) < 4.78 is 28.9. The lowest BCUT2D eigenvalue weighted by atomic mass is 10.1. The molecule has 1 aromatic carbocycles. The van der Waals surface area contributed by atoms with Crippen LogP contribution in [0.2, 0.25) is 28.2 Å². The molecule has 2 aliphatic heterocycles.